The van der Waals surface area contributed by atoms with Gasteiger partial charge in [0.2, 0.25) is 11.8 Å². The lowest BCUT2D eigenvalue weighted by molar-refractivity contribution is -0.146. The lowest BCUT2D eigenvalue weighted by Gasteiger charge is -2.33. The van der Waals surface area contributed by atoms with Crippen LogP contribution >= 0.6 is 0 Å². The van der Waals surface area contributed by atoms with Crippen LogP contribution in [0.3, 0.4) is 0 Å². The number of ether oxygens (including phenoxy) is 2. The summed E-state index contributed by atoms with van der Waals surface area (Å²) in [7, 11) is 1.78. The number of piperidine rings is 1. The van der Waals surface area contributed by atoms with Gasteiger partial charge >= 0.3 is 5.97 Å². The molecule has 2 unspecified atom stereocenters. The van der Waals surface area contributed by atoms with Gasteiger partial charge in [0, 0.05) is 44.9 Å². The number of esters is 1. The molecule has 1 aliphatic rings. The van der Waals surface area contributed by atoms with Crippen LogP contribution in [0.15, 0.2) is 24.5 Å². The van der Waals surface area contributed by atoms with E-state index in [0.29, 0.717) is 37.8 Å². The maximum absolute atomic E-state index is 12.6. The van der Waals surface area contributed by atoms with Crippen LogP contribution in [-0.2, 0) is 32.7 Å². The van der Waals surface area contributed by atoms with Gasteiger partial charge in [-0.2, -0.15) is 5.10 Å². The van der Waals surface area contributed by atoms with Crippen molar-refractivity contribution in [2.24, 2.45) is 18.7 Å². The number of nitrogens with zero attached hydrogens (tertiary/aromatic N) is 3. The Labute approximate surface area is 224 Å². The molecule has 208 valence electrons. The first-order valence-electron chi connectivity index (χ1n) is 13.4. The molecule has 1 saturated heterocycles. The van der Waals surface area contributed by atoms with Crippen LogP contribution in [0.4, 0.5) is 0 Å². The molecule has 1 aromatic heterocycles. The van der Waals surface area contributed by atoms with Crippen molar-refractivity contribution in [3.05, 3.63) is 46.8 Å². The summed E-state index contributed by atoms with van der Waals surface area (Å²) >= 11 is 0. The normalized spacial score (nSPS) is 16.1. The van der Waals surface area contributed by atoms with Crippen molar-refractivity contribution in [2.45, 2.75) is 65.5 Å². The number of carbonyl (C=O) groups excluding carboxylic acids is 3. The number of rotatable bonds is 12. The Morgan fingerprint density at radius 2 is 2.03 bits per heavy atom. The van der Waals surface area contributed by atoms with Gasteiger partial charge in [0.1, 0.15) is 11.8 Å². The van der Waals surface area contributed by atoms with Crippen molar-refractivity contribution >= 4 is 17.8 Å². The van der Waals surface area contributed by atoms with Crippen molar-refractivity contribution < 1.29 is 23.9 Å². The highest BCUT2D eigenvalue weighted by atomic mass is 16.5. The zero-order valence-electron chi connectivity index (χ0n) is 23.0. The van der Waals surface area contributed by atoms with Gasteiger partial charge in [0.25, 0.3) is 0 Å². The minimum Gasteiger partial charge on any atom is -0.494 e. The molecular weight excluding hydrogens is 486 g/mol. The van der Waals surface area contributed by atoms with Gasteiger partial charge < -0.3 is 25.4 Å². The molecule has 10 heteroatoms. The van der Waals surface area contributed by atoms with Gasteiger partial charge in [-0.25, -0.2) is 0 Å². The fourth-order valence-corrected chi connectivity index (χ4v) is 4.68. The zero-order chi connectivity index (χ0) is 27.7. The van der Waals surface area contributed by atoms with E-state index in [1.165, 1.54) is 0 Å². The summed E-state index contributed by atoms with van der Waals surface area (Å²) in [6.07, 6.45) is 6.48. The van der Waals surface area contributed by atoms with E-state index in [-0.39, 0.29) is 30.6 Å². The van der Waals surface area contributed by atoms with Crippen LogP contribution in [-0.4, -0.2) is 58.8 Å². The molecule has 0 aliphatic carbocycles. The first-order chi connectivity index (χ1) is 18.2. The smallest absolute Gasteiger partial charge is 0.306 e. The minimum absolute atomic E-state index is 0.00719. The average molecular weight is 528 g/mol. The van der Waals surface area contributed by atoms with Gasteiger partial charge in [-0.1, -0.05) is 0 Å². The molecule has 2 aromatic rings. The predicted octanol–water partition coefficient (Wildman–Crippen LogP) is 2.70. The quantitative estimate of drug-likeness (QED) is 0.406. The highest BCUT2D eigenvalue weighted by Gasteiger charge is 2.24. The lowest BCUT2D eigenvalue weighted by Crippen LogP contribution is -2.40. The third-order valence-electron chi connectivity index (χ3n) is 7.08. The Morgan fingerprint density at radius 1 is 1.24 bits per heavy atom. The number of hydrogen-bond acceptors (Lipinski definition) is 7. The number of amides is 2. The Hall–Kier alpha value is -3.40. The molecule has 2 amide bonds. The van der Waals surface area contributed by atoms with Crippen molar-refractivity contribution in [3.63, 3.8) is 0 Å². The molecule has 2 atom stereocenters. The van der Waals surface area contributed by atoms with E-state index < -0.39 is 6.04 Å². The molecule has 0 spiro atoms. The summed E-state index contributed by atoms with van der Waals surface area (Å²) < 4.78 is 12.6. The van der Waals surface area contributed by atoms with Crippen LogP contribution in [0.5, 0.6) is 5.75 Å². The topological polar surface area (TPSA) is 129 Å². The van der Waals surface area contributed by atoms with Crippen LogP contribution < -0.4 is 15.8 Å². The van der Waals surface area contributed by atoms with Crippen LogP contribution in [0.2, 0.25) is 0 Å². The Kier molecular flexibility index (Phi) is 10.7. The largest absolute Gasteiger partial charge is 0.494 e. The molecule has 38 heavy (non-hydrogen) atoms. The summed E-state index contributed by atoms with van der Waals surface area (Å²) in [5.74, 6) is 0.529. The number of aryl methyl sites for hydroxylation is 2. The second-order valence-corrected chi connectivity index (χ2v) is 9.96. The average Bonchev–Trinajstić information content (AvgIpc) is 3.34. The van der Waals surface area contributed by atoms with E-state index in [9.17, 15) is 14.4 Å². The number of nitrogens with two attached hydrogens (primary N) is 1. The number of hydrogen-bond donors (Lipinski definition) is 2. The highest BCUT2D eigenvalue weighted by Crippen LogP contribution is 2.24. The molecule has 0 radical (unpaired) electrons. The molecule has 3 N–H and O–H groups in total. The Morgan fingerprint density at radius 3 is 2.74 bits per heavy atom. The van der Waals surface area contributed by atoms with Crippen LogP contribution in [0.25, 0.3) is 0 Å². The first kappa shape index (κ1) is 29.2. The fraction of sp³-hybridized carbons (Fsp3) is 0.571. The third kappa shape index (κ3) is 8.31. The lowest BCUT2D eigenvalue weighted by atomic mass is 9.95. The van der Waals surface area contributed by atoms with E-state index in [4.69, 9.17) is 15.2 Å². The van der Waals surface area contributed by atoms with E-state index in [1.54, 1.807) is 31.0 Å². The molecule has 3 rings (SSSR count). The molecule has 0 saturated carbocycles. The van der Waals surface area contributed by atoms with Crippen molar-refractivity contribution in [2.75, 3.05) is 26.3 Å². The van der Waals surface area contributed by atoms with Gasteiger partial charge in [-0.15, -0.1) is 0 Å². The van der Waals surface area contributed by atoms with Crippen molar-refractivity contribution in [3.8, 4) is 5.75 Å². The first-order valence-corrected chi connectivity index (χ1v) is 13.4. The molecule has 1 aromatic carbocycles. The van der Waals surface area contributed by atoms with Gasteiger partial charge in [0.05, 0.1) is 25.8 Å². The maximum atomic E-state index is 12.6. The predicted molar refractivity (Wildman–Crippen MR) is 143 cm³/mol. The number of nitrogens with one attached hydrogen (secondary N) is 1. The maximum Gasteiger partial charge on any atom is 0.306 e. The zero-order valence-corrected chi connectivity index (χ0v) is 23.0. The second kappa shape index (κ2) is 13.9. The summed E-state index contributed by atoms with van der Waals surface area (Å²) in [5, 5.41) is 7.00. The number of aromatic nitrogens is 2. The molecule has 1 aliphatic heterocycles. The van der Waals surface area contributed by atoms with Gasteiger partial charge in [0.15, 0.2) is 0 Å². The molecule has 10 nitrogen and oxygen atoms in total. The Bertz CT molecular complexity index is 1120. The summed E-state index contributed by atoms with van der Waals surface area (Å²) in [6.45, 7) is 8.44. The van der Waals surface area contributed by atoms with Gasteiger partial charge in [-0.05, 0) is 74.8 Å². The van der Waals surface area contributed by atoms with Crippen molar-refractivity contribution in [1.82, 2.24) is 20.0 Å². The summed E-state index contributed by atoms with van der Waals surface area (Å²) in [6, 6.07) is 3.19. The fourth-order valence-electron chi connectivity index (χ4n) is 4.68. The number of carbonyl (C=O) groups is 3. The molecule has 2 heterocycles. The van der Waals surface area contributed by atoms with E-state index in [2.05, 4.69) is 10.4 Å². The van der Waals surface area contributed by atoms with Crippen molar-refractivity contribution in [1.29, 1.82) is 0 Å². The molecule has 0 bridgehead atoms. The highest BCUT2D eigenvalue weighted by molar-refractivity contribution is 5.83. The van der Waals surface area contributed by atoms with E-state index >= 15 is 0 Å². The monoisotopic (exact) mass is 527 g/mol. The van der Waals surface area contributed by atoms with E-state index in [0.717, 1.165) is 48.2 Å². The molecular formula is C28H41N5O5. The Balaban J connectivity index is 1.48. The van der Waals surface area contributed by atoms with Crippen LogP contribution in [0, 0.1) is 19.8 Å². The number of benzene rings is 1. The molecule has 1 fully saturated rings. The SMILES string of the molecule is CCOC(=O)CCC(=O)N1CCCC(CCOc2cc(C)c(C)c(CNC(=O)C(N)c3cnn(C)c3)c2)C1. The summed E-state index contributed by atoms with van der Waals surface area (Å²) in [4.78, 5) is 38.5. The number of likely N-dealkylation sites (tertiary alicyclic amines) is 1. The standard InChI is InChI=1S/C28H41N5O5/c1-5-37-26(35)9-8-25(34)33-11-6-7-21(17-33)10-12-38-24-13-19(2)20(3)22(14-24)15-30-28(36)27(29)23-16-31-32(4)18-23/h13-14,16,18,21,27H,5-12,15,17,29H2,1-4H3,(H,30,36). The minimum atomic E-state index is -0.781. The third-order valence-corrected chi connectivity index (χ3v) is 7.08. The summed E-state index contributed by atoms with van der Waals surface area (Å²) in [5.41, 5.74) is 9.90. The van der Waals surface area contributed by atoms with Gasteiger partial charge in [-0.3, -0.25) is 19.1 Å². The second-order valence-electron chi connectivity index (χ2n) is 9.96. The van der Waals surface area contributed by atoms with E-state index in [1.807, 2.05) is 30.9 Å². The van der Waals surface area contributed by atoms with Crippen LogP contribution in [0.1, 0.15) is 67.3 Å².